The topological polar surface area (TPSA) is 75.5 Å². The van der Waals surface area contributed by atoms with E-state index >= 15 is 0 Å². The monoisotopic (exact) mass is 305 g/mol. The number of hydrogen-bond acceptors (Lipinski definition) is 6. The van der Waals surface area contributed by atoms with Gasteiger partial charge in [-0.25, -0.2) is 9.78 Å². The molecule has 7 heteroatoms. The Bertz CT molecular complexity index is 686. The minimum Gasteiger partial charge on any atom is -0.481 e. The van der Waals surface area contributed by atoms with Crippen LogP contribution in [0.1, 0.15) is 22.2 Å². The normalized spacial score (nSPS) is 17.4. The number of rotatable bonds is 3. The lowest BCUT2D eigenvalue weighted by Gasteiger charge is -2.33. The van der Waals surface area contributed by atoms with Gasteiger partial charge < -0.3 is 14.7 Å². The molecule has 1 aliphatic rings. The zero-order chi connectivity index (χ0) is 15.0. The van der Waals surface area contributed by atoms with Crippen molar-refractivity contribution in [3.63, 3.8) is 0 Å². The van der Waals surface area contributed by atoms with Crippen LogP contribution in [0.25, 0.3) is 0 Å². The molecule has 0 saturated heterocycles. The molecule has 2 aromatic rings. The average Bonchev–Trinajstić information content (AvgIpc) is 2.93. The standard InChI is InChI=1S/C14H15N3O3S/c1-8-7-11(20-2)16-14(15-8)17-5-3-10-9(4-6-21-10)12(17)13(18)19/h4,6-7,12H,3,5H2,1-2H3,(H,18,19). The Labute approximate surface area is 126 Å². The van der Waals surface area contributed by atoms with Crippen molar-refractivity contribution in [3.05, 3.63) is 33.6 Å². The summed E-state index contributed by atoms with van der Waals surface area (Å²) >= 11 is 1.60. The molecular formula is C14H15N3O3S. The minimum absolute atomic E-state index is 0.399. The Morgan fingerprint density at radius 3 is 3.05 bits per heavy atom. The number of carbonyl (C=O) groups is 1. The van der Waals surface area contributed by atoms with Crippen LogP contribution < -0.4 is 9.64 Å². The van der Waals surface area contributed by atoms with E-state index in [1.165, 1.54) is 7.11 Å². The number of carboxylic acid groups (broad SMARTS) is 1. The third kappa shape index (κ3) is 2.44. The van der Waals surface area contributed by atoms with Gasteiger partial charge in [-0.1, -0.05) is 0 Å². The van der Waals surface area contributed by atoms with E-state index in [2.05, 4.69) is 9.97 Å². The van der Waals surface area contributed by atoms with Crippen LogP contribution in [0.3, 0.4) is 0 Å². The summed E-state index contributed by atoms with van der Waals surface area (Å²) in [7, 11) is 1.54. The molecule has 0 radical (unpaired) electrons. The first kappa shape index (κ1) is 13.8. The molecule has 0 fully saturated rings. The van der Waals surface area contributed by atoms with Gasteiger partial charge in [-0.3, -0.25) is 0 Å². The van der Waals surface area contributed by atoms with Gasteiger partial charge in [-0.15, -0.1) is 11.3 Å². The van der Waals surface area contributed by atoms with E-state index in [0.717, 1.165) is 22.6 Å². The van der Waals surface area contributed by atoms with Crippen molar-refractivity contribution in [2.24, 2.45) is 0 Å². The molecule has 0 spiro atoms. The molecule has 3 rings (SSSR count). The Balaban J connectivity index is 2.05. The SMILES string of the molecule is COc1cc(C)nc(N2CCc3sccc3C2C(=O)O)n1. The first-order valence-corrected chi connectivity index (χ1v) is 7.43. The van der Waals surface area contributed by atoms with Crippen molar-refractivity contribution in [2.45, 2.75) is 19.4 Å². The summed E-state index contributed by atoms with van der Waals surface area (Å²) in [5, 5.41) is 11.5. The van der Waals surface area contributed by atoms with Crippen LogP contribution in [-0.4, -0.2) is 34.7 Å². The van der Waals surface area contributed by atoms with E-state index in [1.807, 2.05) is 18.4 Å². The van der Waals surface area contributed by atoms with E-state index in [0.29, 0.717) is 18.4 Å². The minimum atomic E-state index is -0.890. The van der Waals surface area contributed by atoms with E-state index in [-0.39, 0.29) is 0 Å². The molecular weight excluding hydrogens is 290 g/mol. The first-order chi connectivity index (χ1) is 10.1. The second-order valence-electron chi connectivity index (χ2n) is 4.83. The summed E-state index contributed by atoms with van der Waals surface area (Å²) in [6.45, 7) is 2.42. The molecule has 1 N–H and O–H groups in total. The lowest BCUT2D eigenvalue weighted by atomic mass is 10.0. The van der Waals surface area contributed by atoms with E-state index in [4.69, 9.17) is 4.74 Å². The Morgan fingerprint density at radius 2 is 2.33 bits per heavy atom. The lowest BCUT2D eigenvalue weighted by molar-refractivity contribution is -0.138. The molecule has 6 nitrogen and oxygen atoms in total. The zero-order valence-corrected chi connectivity index (χ0v) is 12.6. The maximum atomic E-state index is 11.7. The predicted molar refractivity (Wildman–Crippen MR) is 79.1 cm³/mol. The van der Waals surface area contributed by atoms with Crippen LogP contribution in [0.5, 0.6) is 5.88 Å². The molecule has 0 amide bonds. The quantitative estimate of drug-likeness (QED) is 0.935. The summed E-state index contributed by atoms with van der Waals surface area (Å²) in [5.41, 5.74) is 1.58. The van der Waals surface area contributed by atoms with Crippen LogP contribution in [0.2, 0.25) is 0 Å². The van der Waals surface area contributed by atoms with Crippen molar-refractivity contribution in [3.8, 4) is 5.88 Å². The average molecular weight is 305 g/mol. The molecule has 0 saturated carbocycles. The van der Waals surface area contributed by atoms with Gasteiger partial charge in [0.15, 0.2) is 6.04 Å². The summed E-state index contributed by atoms with van der Waals surface area (Å²) in [5.74, 6) is -0.0488. The van der Waals surface area contributed by atoms with Gasteiger partial charge in [0.2, 0.25) is 11.8 Å². The number of hydrogen-bond donors (Lipinski definition) is 1. The fraction of sp³-hybridized carbons (Fsp3) is 0.357. The smallest absolute Gasteiger partial charge is 0.331 e. The molecule has 0 aromatic carbocycles. The molecule has 110 valence electrons. The number of aryl methyl sites for hydroxylation is 1. The van der Waals surface area contributed by atoms with Crippen molar-refractivity contribution in [1.29, 1.82) is 0 Å². The van der Waals surface area contributed by atoms with Gasteiger partial charge in [0, 0.05) is 23.2 Å². The van der Waals surface area contributed by atoms with E-state index in [9.17, 15) is 9.90 Å². The maximum Gasteiger partial charge on any atom is 0.331 e. The molecule has 2 aromatic heterocycles. The number of ether oxygens (including phenoxy) is 1. The van der Waals surface area contributed by atoms with E-state index in [1.54, 1.807) is 22.3 Å². The van der Waals surface area contributed by atoms with Crippen molar-refractivity contribution < 1.29 is 14.6 Å². The highest BCUT2D eigenvalue weighted by Gasteiger charge is 2.35. The number of aliphatic carboxylic acids is 1. The third-order valence-electron chi connectivity index (χ3n) is 3.48. The lowest BCUT2D eigenvalue weighted by Crippen LogP contribution is -2.40. The summed E-state index contributed by atoms with van der Waals surface area (Å²) in [6, 6.07) is 2.85. The third-order valence-corrected chi connectivity index (χ3v) is 4.48. The number of anilines is 1. The number of carboxylic acids is 1. The summed E-state index contributed by atoms with van der Waals surface area (Å²) < 4.78 is 5.15. The fourth-order valence-electron chi connectivity index (χ4n) is 2.56. The fourth-order valence-corrected chi connectivity index (χ4v) is 3.46. The number of methoxy groups -OCH3 is 1. The van der Waals surface area contributed by atoms with Crippen LogP contribution in [-0.2, 0) is 11.2 Å². The largest absolute Gasteiger partial charge is 0.481 e. The molecule has 1 unspecified atom stereocenters. The highest BCUT2D eigenvalue weighted by molar-refractivity contribution is 7.10. The Morgan fingerprint density at radius 1 is 1.52 bits per heavy atom. The van der Waals surface area contributed by atoms with Gasteiger partial charge in [0.25, 0.3) is 0 Å². The summed E-state index contributed by atoms with van der Waals surface area (Å²) in [4.78, 5) is 23.2. The molecule has 0 aliphatic carbocycles. The first-order valence-electron chi connectivity index (χ1n) is 6.55. The number of thiophene rings is 1. The van der Waals surface area contributed by atoms with Crippen LogP contribution in [0.15, 0.2) is 17.5 Å². The van der Waals surface area contributed by atoms with E-state index < -0.39 is 12.0 Å². The second-order valence-corrected chi connectivity index (χ2v) is 5.84. The van der Waals surface area contributed by atoms with Crippen molar-refractivity contribution in [2.75, 3.05) is 18.6 Å². The highest BCUT2D eigenvalue weighted by Crippen LogP contribution is 2.35. The Hall–Kier alpha value is -2.15. The summed E-state index contributed by atoms with van der Waals surface area (Å²) in [6.07, 6.45) is 0.802. The van der Waals surface area contributed by atoms with Crippen LogP contribution >= 0.6 is 11.3 Å². The highest BCUT2D eigenvalue weighted by atomic mass is 32.1. The maximum absolute atomic E-state index is 11.7. The number of aromatic nitrogens is 2. The molecule has 1 aliphatic heterocycles. The molecule has 21 heavy (non-hydrogen) atoms. The van der Waals surface area contributed by atoms with Gasteiger partial charge in [0.05, 0.1) is 7.11 Å². The second kappa shape index (κ2) is 5.33. The van der Waals surface area contributed by atoms with Gasteiger partial charge in [0.1, 0.15) is 0 Å². The van der Waals surface area contributed by atoms with Gasteiger partial charge >= 0.3 is 5.97 Å². The molecule has 3 heterocycles. The number of nitrogens with zero attached hydrogens (tertiary/aromatic N) is 3. The predicted octanol–water partition coefficient (Wildman–Crippen LogP) is 2.04. The Kier molecular flexibility index (Phi) is 3.50. The zero-order valence-electron chi connectivity index (χ0n) is 11.7. The molecule has 0 bridgehead atoms. The van der Waals surface area contributed by atoms with Gasteiger partial charge in [-0.2, -0.15) is 4.98 Å². The van der Waals surface area contributed by atoms with Crippen molar-refractivity contribution >= 4 is 23.3 Å². The van der Waals surface area contributed by atoms with Crippen LogP contribution in [0.4, 0.5) is 5.95 Å². The van der Waals surface area contributed by atoms with Gasteiger partial charge in [-0.05, 0) is 30.4 Å². The van der Waals surface area contributed by atoms with Crippen LogP contribution in [0, 0.1) is 6.92 Å². The molecule has 1 atom stereocenters. The van der Waals surface area contributed by atoms with Crippen molar-refractivity contribution in [1.82, 2.24) is 9.97 Å². The number of fused-ring (bicyclic) bond motifs is 1.